The molecule has 1 aromatic carbocycles. The highest BCUT2D eigenvalue weighted by molar-refractivity contribution is 5.23. The van der Waals surface area contributed by atoms with E-state index in [1.54, 1.807) is 12.1 Å². The van der Waals surface area contributed by atoms with Crippen LogP contribution in [0.25, 0.3) is 0 Å². The number of hydrogen-bond donors (Lipinski definition) is 1. The van der Waals surface area contributed by atoms with Crippen molar-refractivity contribution < 1.29 is 9.13 Å². The Morgan fingerprint density at radius 1 is 1.33 bits per heavy atom. The van der Waals surface area contributed by atoms with Crippen molar-refractivity contribution in [3.63, 3.8) is 0 Å². The first-order chi connectivity index (χ1) is 8.72. The van der Waals surface area contributed by atoms with E-state index >= 15 is 0 Å². The standard InChI is InChI=1S/C15H20FNO/c1-10-15(5-6-18-10)17-14-8-12(9-14)11-3-2-4-13(16)7-11/h2-4,7,10,12,14-15,17H,5-6,8-9H2,1H3. The third-order valence-electron chi connectivity index (χ3n) is 4.28. The smallest absolute Gasteiger partial charge is 0.123 e. The Morgan fingerprint density at radius 3 is 2.83 bits per heavy atom. The van der Waals surface area contributed by atoms with Crippen molar-refractivity contribution >= 4 is 0 Å². The number of halogens is 1. The van der Waals surface area contributed by atoms with Gasteiger partial charge in [-0.2, -0.15) is 0 Å². The Morgan fingerprint density at radius 2 is 2.17 bits per heavy atom. The van der Waals surface area contributed by atoms with Gasteiger partial charge in [0.2, 0.25) is 0 Å². The molecule has 1 aliphatic heterocycles. The zero-order chi connectivity index (χ0) is 12.5. The summed E-state index contributed by atoms with van der Waals surface area (Å²) in [5.41, 5.74) is 1.14. The van der Waals surface area contributed by atoms with Gasteiger partial charge in [-0.05, 0) is 49.8 Å². The summed E-state index contributed by atoms with van der Waals surface area (Å²) in [5.74, 6) is 0.401. The summed E-state index contributed by atoms with van der Waals surface area (Å²) in [7, 11) is 0. The molecule has 1 N–H and O–H groups in total. The molecule has 18 heavy (non-hydrogen) atoms. The average Bonchev–Trinajstić information content (AvgIpc) is 2.69. The Kier molecular flexibility index (Phi) is 3.35. The van der Waals surface area contributed by atoms with E-state index in [1.165, 1.54) is 6.07 Å². The van der Waals surface area contributed by atoms with Gasteiger partial charge in [-0.25, -0.2) is 4.39 Å². The molecule has 2 atom stereocenters. The molecule has 0 spiro atoms. The summed E-state index contributed by atoms with van der Waals surface area (Å²) in [5, 5.41) is 3.66. The molecule has 98 valence electrons. The minimum atomic E-state index is -0.123. The van der Waals surface area contributed by atoms with Crippen LogP contribution >= 0.6 is 0 Å². The van der Waals surface area contributed by atoms with Crippen LogP contribution in [0.5, 0.6) is 0 Å². The molecule has 1 aliphatic carbocycles. The van der Waals surface area contributed by atoms with Crippen molar-refractivity contribution in [1.82, 2.24) is 5.32 Å². The molecule has 3 rings (SSSR count). The fourth-order valence-corrected chi connectivity index (χ4v) is 3.04. The molecule has 1 heterocycles. The van der Waals surface area contributed by atoms with Crippen LogP contribution in [0.4, 0.5) is 4.39 Å². The molecule has 1 aromatic rings. The van der Waals surface area contributed by atoms with E-state index in [9.17, 15) is 4.39 Å². The van der Waals surface area contributed by atoms with Gasteiger partial charge >= 0.3 is 0 Å². The van der Waals surface area contributed by atoms with Gasteiger partial charge in [-0.1, -0.05) is 12.1 Å². The van der Waals surface area contributed by atoms with Crippen LogP contribution in [0.2, 0.25) is 0 Å². The van der Waals surface area contributed by atoms with Gasteiger partial charge in [0.25, 0.3) is 0 Å². The molecular formula is C15H20FNO. The van der Waals surface area contributed by atoms with Crippen LogP contribution in [0.1, 0.15) is 37.7 Å². The largest absolute Gasteiger partial charge is 0.377 e. The summed E-state index contributed by atoms with van der Waals surface area (Å²) >= 11 is 0. The number of benzene rings is 1. The molecule has 1 saturated carbocycles. The van der Waals surface area contributed by atoms with Gasteiger partial charge in [-0.3, -0.25) is 0 Å². The summed E-state index contributed by atoms with van der Waals surface area (Å²) < 4.78 is 18.7. The average molecular weight is 249 g/mol. The number of nitrogens with one attached hydrogen (secondary N) is 1. The number of hydrogen-bond acceptors (Lipinski definition) is 2. The predicted molar refractivity (Wildman–Crippen MR) is 69.1 cm³/mol. The van der Waals surface area contributed by atoms with Crippen molar-refractivity contribution in [2.24, 2.45) is 0 Å². The van der Waals surface area contributed by atoms with Gasteiger partial charge in [-0.15, -0.1) is 0 Å². The van der Waals surface area contributed by atoms with Crippen molar-refractivity contribution in [1.29, 1.82) is 0 Å². The molecule has 0 amide bonds. The summed E-state index contributed by atoms with van der Waals surface area (Å²) in [6, 6.07) is 8.09. The van der Waals surface area contributed by atoms with E-state index in [0.717, 1.165) is 31.4 Å². The van der Waals surface area contributed by atoms with Crippen LogP contribution in [-0.4, -0.2) is 24.8 Å². The fourth-order valence-electron chi connectivity index (χ4n) is 3.04. The van der Waals surface area contributed by atoms with Gasteiger partial charge in [0.1, 0.15) is 5.82 Å². The second-order valence-corrected chi connectivity index (χ2v) is 5.56. The second-order valence-electron chi connectivity index (χ2n) is 5.56. The second kappa shape index (κ2) is 4.98. The highest BCUT2D eigenvalue weighted by Crippen LogP contribution is 2.37. The molecule has 2 aliphatic rings. The predicted octanol–water partition coefficient (Wildman–Crippen LogP) is 2.84. The topological polar surface area (TPSA) is 21.3 Å². The maximum absolute atomic E-state index is 13.1. The normalized spacial score (nSPS) is 35.4. The van der Waals surface area contributed by atoms with Crippen molar-refractivity contribution in [3.8, 4) is 0 Å². The highest BCUT2D eigenvalue weighted by atomic mass is 19.1. The van der Waals surface area contributed by atoms with Crippen LogP contribution < -0.4 is 5.32 Å². The minimum Gasteiger partial charge on any atom is -0.377 e. The molecule has 0 bridgehead atoms. The monoisotopic (exact) mass is 249 g/mol. The third-order valence-corrected chi connectivity index (χ3v) is 4.28. The highest BCUT2D eigenvalue weighted by Gasteiger charge is 2.34. The van der Waals surface area contributed by atoms with Crippen LogP contribution in [0.3, 0.4) is 0 Å². The van der Waals surface area contributed by atoms with E-state index in [0.29, 0.717) is 24.1 Å². The lowest BCUT2D eigenvalue weighted by atomic mass is 9.75. The molecule has 2 nitrogen and oxygen atoms in total. The summed E-state index contributed by atoms with van der Waals surface area (Å²) in [6.45, 7) is 3.01. The summed E-state index contributed by atoms with van der Waals surface area (Å²) in [4.78, 5) is 0. The van der Waals surface area contributed by atoms with Gasteiger partial charge in [0.05, 0.1) is 6.10 Å². The lowest BCUT2D eigenvalue weighted by Crippen LogP contribution is -2.47. The Bertz CT molecular complexity index is 417. The fraction of sp³-hybridized carbons (Fsp3) is 0.600. The lowest BCUT2D eigenvalue weighted by molar-refractivity contribution is 0.106. The van der Waals surface area contributed by atoms with E-state index in [2.05, 4.69) is 12.2 Å². The zero-order valence-corrected chi connectivity index (χ0v) is 10.7. The third kappa shape index (κ3) is 2.43. The van der Waals surface area contributed by atoms with Crippen molar-refractivity contribution in [2.75, 3.05) is 6.61 Å². The van der Waals surface area contributed by atoms with E-state index in [4.69, 9.17) is 4.74 Å². The number of rotatable bonds is 3. The van der Waals surface area contributed by atoms with Crippen molar-refractivity contribution in [3.05, 3.63) is 35.6 Å². The maximum atomic E-state index is 13.1. The van der Waals surface area contributed by atoms with Crippen LogP contribution in [-0.2, 0) is 4.74 Å². The van der Waals surface area contributed by atoms with Crippen LogP contribution in [0, 0.1) is 5.82 Å². The Balaban J connectivity index is 1.51. The molecule has 1 saturated heterocycles. The molecule has 0 aromatic heterocycles. The van der Waals surface area contributed by atoms with E-state index in [1.807, 2.05) is 6.07 Å². The Hall–Kier alpha value is -0.930. The zero-order valence-electron chi connectivity index (χ0n) is 10.7. The number of ether oxygens (including phenoxy) is 1. The van der Waals surface area contributed by atoms with Gasteiger partial charge in [0.15, 0.2) is 0 Å². The Labute approximate surface area is 108 Å². The SMILES string of the molecule is CC1OCCC1NC1CC(c2cccc(F)c2)C1. The van der Waals surface area contributed by atoms with Gasteiger partial charge < -0.3 is 10.1 Å². The molecule has 0 radical (unpaired) electrons. The quantitative estimate of drug-likeness (QED) is 0.889. The minimum absolute atomic E-state index is 0.123. The molecule has 3 heteroatoms. The first-order valence-corrected chi connectivity index (χ1v) is 6.85. The van der Waals surface area contributed by atoms with Crippen molar-refractivity contribution in [2.45, 2.75) is 50.3 Å². The van der Waals surface area contributed by atoms with E-state index < -0.39 is 0 Å². The summed E-state index contributed by atoms with van der Waals surface area (Å²) in [6.07, 6.45) is 3.68. The molecule has 2 unspecified atom stereocenters. The van der Waals surface area contributed by atoms with E-state index in [-0.39, 0.29) is 5.82 Å². The molecule has 2 fully saturated rings. The van der Waals surface area contributed by atoms with Gasteiger partial charge in [0, 0.05) is 18.7 Å². The first kappa shape index (κ1) is 12.1. The first-order valence-electron chi connectivity index (χ1n) is 6.85. The van der Waals surface area contributed by atoms with Crippen LogP contribution in [0.15, 0.2) is 24.3 Å². The lowest BCUT2D eigenvalue weighted by Gasteiger charge is -2.38. The molecular weight excluding hydrogens is 229 g/mol. The maximum Gasteiger partial charge on any atom is 0.123 e.